The molecular weight excluding hydrogens is 367 g/mol. The molecule has 0 aromatic heterocycles. The van der Waals surface area contributed by atoms with Crippen LogP contribution < -0.4 is 5.32 Å². The molecule has 0 atom stereocenters. The van der Waals surface area contributed by atoms with Crippen LogP contribution in [0.15, 0.2) is 60.7 Å². The van der Waals surface area contributed by atoms with E-state index in [9.17, 15) is 0 Å². The molecule has 0 spiro atoms. The predicted octanol–water partition coefficient (Wildman–Crippen LogP) is 4.67. The Morgan fingerprint density at radius 3 is 2.08 bits per heavy atom. The van der Waals surface area contributed by atoms with Crippen molar-refractivity contribution in [3.8, 4) is 0 Å². The molecule has 1 fully saturated rings. The Labute approximate surface area is 169 Å². The summed E-state index contributed by atoms with van der Waals surface area (Å²) in [5.74, 6) is 0. The van der Waals surface area contributed by atoms with Gasteiger partial charge in [-0.3, -0.25) is 0 Å². The Balaban J connectivity index is 0.00000169. The summed E-state index contributed by atoms with van der Waals surface area (Å²) >= 11 is 0. The number of benzene rings is 2. The van der Waals surface area contributed by atoms with Gasteiger partial charge in [0.2, 0.25) is 0 Å². The molecule has 2 aromatic rings. The van der Waals surface area contributed by atoms with Crippen molar-refractivity contribution in [2.24, 2.45) is 0 Å². The molecule has 5 heteroatoms. The highest BCUT2D eigenvalue weighted by atomic mass is 35.5. The predicted molar refractivity (Wildman–Crippen MR) is 115 cm³/mol. The zero-order chi connectivity index (χ0) is 16.7. The van der Waals surface area contributed by atoms with Gasteiger partial charge < -0.3 is 15.0 Å². The van der Waals surface area contributed by atoms with Gasteiger partial charge in [-0.15, -0.1) is 24.8 Å². The summed E-state index contributed by atoms with van der Waals surface area (Å²) in [7, 11) is 1.80. The average Bonchev–Trinajstić information content (AvgIpc) is 2.63. The SMILES string of the molecule is COCC1(Nc2ccccc2)CCN(CCc2ccccc2)CC1.Cl.Cl. The maximum atomic E-state index is 5.54. The lowest BCUT2D eigenvalue weighted by atomic mass is 9.87. The van der Waals surface area contributed by atoms with Crippen LogP contribution in [0.5, 0.6) is 0 Å². The zero-order valence-electron chi connectivity index (χ0n) is 15.4. The zero-order valence-corrected chi connectivity index (χ0v) is 17.0. The van der Waals surface area contributed by atoms with Crippen molar-refractivity contribution in [3.63, 3.8) is 0 Å². The lowest BCUT2D eigenvalue weighted by molar-refractivity contribution is 0.0891. The van der Waals surface area contributed by atoms with Crippen LogP contribution >= 0.6 is 24.8 Å². The van der Waals surface area contributed by atoms with Crippen LogP contribution in [0.3, 0.4) is 0 Å². The maximum absolute atomic E-state index is 5.54. The molecule has 1 saturated heterocycles. The van der Waals surface area contributed by atoms with Gasteiger partial charge in [0.25, 0.3) is 0 Å². The summed E-state index contributed by atoms with van der Waals surface area (Å²) < 4.78 is 5.54. The highest BCUT2D eigenvalue weighted by Crippen LogP contribution is 2.27. The first-order valence-electron chi connectivity index (χ1n) is 8.88. The summed E-state index contributed by atoms with van der Waals surface area (Å²) in [6.07, 6.45) is 3.36. The van der Waals surface area contributed by atoms with E-state index < -0.39 is 0 Å². The third-order valence-electron chi connectivity index (χ3n) is 4.98. The molecule has 1 aliphatic heterocycles. The fourth-order valence-corrected chi connectivity index (χ4v) is 3.55. The van der Waals surface area contributed by atoms with Crippen LogP contribution in [0.4, 0.5) is 5.69 Å². The molecule has 0 bridgehead atoms. The van der Waals surface area contributed by atoms with Gasteiger partial charge in [-0.2, -0.15) is 0 Å². The summed E-state index contributed by atoms with van der Waals surface area (Å²) in [4.78, 5) is 2.58. The molecule has 0 unspecified atom stereocenters. The largest absolute Gasteiger partial charge is 0.382 e. The van der Waals surface area contributed by atoms with Gasteiger partial charge in [-0.05, 0) is 37.0 Å². The maximum Gasteiger partial charge on any atom is 0.0693 e. The van der Waals surface area contributed by atoms with Crippen LogP contribution in [-0.4, -0.2) is 43.8 Å². The third kappa shape index (κ3) is 6.48. The van der Waals surface area contributed by atoms with E-state index >= 15 is 0 Å². The number of hydrogen-bond donors (Lipinski definition) is 1. The van der Waals surface area contributed by atoms with E-state index in [0.717, 1.165) is 45.5 Å². The number of hydrogen-bond acceptors (Lipinski definition) is 3. The van der Waals surface area contributed by atoms with Crippen molar-refractivity contribution < 1.29 is 4.74 Å². The first kappa shape index (κ1) is 22.8. The highest BCUT2D eigenvalue weighted by Gasteiger charge is 2.34. The van der Waals surface area contributed by atoms with E-state index in [0.29, 0.717) is 0 Å². The van der Waals surface area contributed by atoms with E-state index in [2.05, 4.69) is 70.9 Å². The number of para-hydroxylation sites is 1. The summed E-state index contributed by atoms with van der Waals surface area (Å²) in [6.45, 7) is 4.14. The van der Waals surface area contributed by atoms with E-state index in [-0.39, 0.29) is 30.4 Å². The molecule has 144 valence electrons. The van der Waals surface area contributed by atoms with E-state index in [1.807, 2.05) is 0 Å². The van der Waals surface area contributed by atoms with Gasteiger partial charge >= 0.3 is 0 Å². The Hall–Kier alpha value is -1.26. The Morgan fingerprint density at radius 2 is 1.50 bits per heavy atom. The number of piperidine rings is 1. The number of methoxy groups -OCH3 is 1. The second-order valence-electron chi connectivity index (χ2n) is 6.78. The fourth-order valence-electron chi connectivity index (χ4n) is 3.55. The minimum atomic E-state index is 0. The molecule has 1 N–H and O–H groups in total. The second-order valence-corrected chi connectivity index (χ2v) is 6.78. The standard InChI is InChI=1S/C21H28N2O.2ClH/c1-24-18-21(22-20-10-6-3-7-11-20)13-16-23(17-14-21)15-12-19-8-4-2-5-9-19;;/h2-11,22H,12-18H2,1H3;2*1H. The van der Waals surface area contributed by atoms with Crippen LogP contribution in [0, 0.1) is 0 Å². The first-order valence-corrected chi connectivity index (χ1v) is 8.88. The van der Waals surface area contributed by atoms with Gasteiger partial charge in [-0.25, -0.2) is 0 Å². The molecule has 2 aromatic carbocycles. The number of likely N-dealkylation sites (tertiary alicyclic amines) is 1. The number of anilines is 1. The van der Waals surface area contributed by atoms with Crippen molar-refractivity contribution in [3.05, 3.63) is 66.2 Å². The molecule has 3 nitrogen and oxygen atoms in total. The Bertz CT molecular complexity index is 602. The van der Waals surface area contributed by atoms with Gasteiger partial charge in [0.15, 0.2) is 0 Å². The van der Waals surface area contributed by atoms with Crippen LogP contribution in [0.25, 0.3) is 0 Å². The van der Waals surface area contributed by atoms with Crippen LogP contribution in [-0.2, 0) is 11.2 Å². The van der Waals surface area contributed by atoms with Crippen LogP contribution in [0.1, 0.15) is 18.4 Å². The first-order chi connectivity index (χ1) is 11.8. The summed E-state index contributed by atoms with van der Waals surface area (Å²) in [5.41, 5.74) is 2.67. The van der Waals surface area contributed by atoms with Gasteiger partial charge in [-0.1, -0.05) is 48.5 Å². The summed E-state index contributed by atoms with van der Waals surface area (Å²) in [6, 6.07) is 21.3. The van der Waals surface area contributed by atoms with Crippen molar-refractivity contribution >= 4 is 30.5 Å². The number of halogens is 2. The lowest BCUT2D eigenvalue weighted by Crippen LogP contribution is -2.52. The Morgan fingerprint density at radius 1 is 0.923 bits per heavy atom. The van der Waals surface area contributed by atoms with Crippen molar-refractivity contribution in [1.82, 2.24) is 4.90 Å². The minimum Gasteiger partial charge on any atom is -0.382 e. The Kier molecular flexibility index (Phi) is 10.0. The lowest BCUT2D eigenvalue weighted by Gasteiger charge is -2.42. The van der Waals surface area contributed by atoms with E-state index in [1.54, 1.807) is 7.11 Å². The molecule has 1 heterocycles. The topological polar surface area (TPSA) is 24.5 Å². The molecule has 1 aliphatic rings. The number of rotatable bonds is 7. The average molecular weight is 397 g/mol. The quantitative estimate of drug-likeness (QED) is 0.735. The van der Waals surface area contributed by atoms with Gasteiger partial charge in [0, 0.05) is 32.4 Å². The van der Waals surface area contributed by atoms with Crippen molar-refractivity contribution in [1.29, 1.82) is 0 Å². The van der Waals surface area contributed by atoms with Gasteiger partial charge in [0.05, 0.1) is 12.1 Å². The van der Waals surface area contributed by atoms with Crippen molar-refractivity contribution in [2.75, 3.05) is 38.7 Å². The van der Waals surface area contributed by atoms with Crippen LogP contribution in [0.2, 0.25) is 0 Å². The molecule has 0 aliphatic carbocycles. The number of nitrogens with zero attached hydrogens (tertiary/aromatic N) is 1. The van der Waals surface area contributed by atoms with Crippen molar-refractivity contribution in [2.45, 2.75) is 24.8 Å². The summed E-state index contributed by atoms with van der Waals surface area (Å²) in [5, 5.41) is 3.74. The second kappa shape index (κ2) is 11.5. The van der Waals surface area contributed by atoms with E-state index in [4.69, 9.17) is 4.74 Å². The normalized spacial score (nSPS) is 16.2. The molecule has 3 rings (SSSR count). The molecule has 0 saturated carbocycles. The number of ether oxygens (including phenoxy) is 1. The number of nitrogens with one attached hydrogen (secondary N) is 1. The fraction of sp³-hybridized carbons (Fsp3) is 0.429. The minimum absolute atomic E-state index is 0. The molecular formula is C21H30Cl2N2O. The molecule has 26 heavy (non-hydrogen) atoms. The van der Waals surface area contributed by atoms with E-state index in [1.165, 1.54) is 11.3 Å². The smallest absolute Gasteiger partial charge is 0.0693 e. The highest BCUT2D eigenvalue weighted by molar-refractivity contribution is 5.85. The third-order valence-corrected chi connectivity index (χ3v) is 4.98. The monoisotopic (exact) mass is 396 g/mol. The molecule has 0 radical (unpaired) electrons. The molecule has 0 amide bonds. The van der Waals surface area contributed by atoms with Gasteiger partial charge in [0.1, 0.15) is 0 Å².